The molecule has 5 atom stereocenters. The van der Waals surface area contributed by atoms with Crippen molar-refractivity contribution in [3.8, 4) is 0 Å². The van der Waals surface area contributed by atoms with Gasteiger partial charge in [0, 0.05) is 11.8 Å². The Balaban J connectivity index is 1.75. The van der Waals surface area contributed by atoms with Crippen molar-refractivity contribution in [2.24, 2.45) is 28.6 Å². The highest BCUT2D eigenvalue weighted by Gasteiger charge is 2.53. The largest absolute Gasteiger partial charge is 0.295 e. The van der Waals surface area contributed by atoms with Gasteiger partial charge in [0.2, 0.25) is 0 Å². The van der Waals surface area contributed by atoms with Crippen LogP contribution in [0, 0.1) is 28.6 Å². The minimum atomic E-state index is 0.212. The Bertz CT molecular complexity index is 554. The van der Waals surface area contributed by atoms with E-state index in [0.717, 1.165) is 37.0 Å². The van der Waals surface area contributed by atoms with E-state index >= 15 is 0 Å². The molecule has 0 aliphatic heterocycles. The number of rotatable bonds is 0. The van der Waals surface area contributed by atoms with Gasteiger partial charge in [-0.1, -0.05) is 38.0 Å². The second kappa shape index (κ2) is 4.33. The van der Waals surface area contributed by atoms with Crippen molar-refractivity contribution in [3.05, 3.63) is 23.3 Å². The van der Waals surface area contributed by atoms with Gasteiger partial charge in [0.1, 0.15) is 0 Å². The molecule has 0 bridgehead atoms. The van der Waals surface area contributed by atoms with Crippen LogP contribution in [0.2, 0.25) is 0 Å². The molecule has 4 aliphatic carbocycles. The number of carbonyl (C=O) groups excluding carboxylic acids is 1. The second-order valence-corrected chi connectivity index (χ2v) is 8.78. The van der Waals surface area contributed by atoms with Crippen LogP contribution in [0.1, 0.15) is 65.7 Å². The van der Waals surface area contributed by atoms with Crippen LogP contribution in [0.5, 0.6) is 0 Å². The summed E-state index contributed by atoms with van der Waals surface area (Å²) in [6, 6.07) is 0. The normalized spacial score (nSPS) is 48.9. The zero-order chi connectivity index (χ0) is 14.8. The van der Waals surface area contributed by atoms with E-state index in [1.54, 1.807) is 5.57 Å². The van der Waals surface area contributed by atoms with Crippen LogP contribution < -0.4 is 0 Å². The fourth-order valence-corrected chi connectivity index (χ4v) is 6.28. The van der Waals surface area contributed by atoms with Gasteiger partial charge in [-0.2, -0.15) is 0 Å². The summed E-state index contributed by atoms with van der Waals surface area (Å²) >= 11 is 0. The van der Waals surface area contributed by atoms with Crippen LogP contribution >= 0.6 is 0 Å². The monoisotopic (exact) mass is 284 g/mol. The Morgan fingerprint density at radius 1 is 1.24 bits per heavy atom. The van der Waals surface area contributed by atoms with E-state index in [2.05, 4.69) is 26.8 Å². The average Bonchev–Trinajstić information content (AvgIpc) is 2.74. The number of carbonyl (C=O) groups is 1. The topological polar surface area (TPSA) is 17.1 Å². The number of allylic oxidation sites excluding steroid dienone is 4. The van der Waals surface area contributed by atoms with Crippen molar-refractivity contribution < 1.29 is 4.79 Å². The first-order chi connectivity index (χ1) is 9.92. The van der Waals surface area contributed by atoms with Crippen molar-refractivity contribution in [2.75, 3.05) is 0 Å². The summed E-state index contributed by atoms with van der Waals surface area (Å²) < 4.78 is 0. The molecule has 0 aromatic rings. The minimum absolute atomic E-state index is 0.212. The zero-order valence-electron chi connectivity index (χ0n) is 13.7. The van der Waals surface area contributed by atoms with Gasteiger partial charge in [-0.3, -0.25) is 4.79 Å². The quantitative estimate of drug-likeness (QED) is 0.567. The van der Waals surface area contributed by atoms with Gasteiger partial charge in [0.15, 0.2) is 5.78 Å². The molecule has 0 saturated heterocycles. The molecule has 1 nitrogen and oxygen atoms in total. The summed E-state index contributed by atoms with van der Waals surface area (Å²) in [5.41, 5.74) is 3.92. The first-order valence-electron chi connectivity index (χ1n) is 8.87. The molecule has 21 heavy (non-hydrogen) atoms. The number of hydrogen-bond acceptors (Lipinski definition) is 1. The van der Waals surface area contributed by atoms with E-state index in [-0.39, 0.29) is 5.41 Å². The smallest absolute Gasteiger partial charge is 0.155 e. The molecule has 0 heterocycles. The highest BCUT2D eigenvalue weighted by Crippen LogP contribution is 2.63. The van der Waals surface area contributed by atoms with Crippen LogP contribution in [-0.2, 0) is 4.79 Å². The molecule has 0 radical (unpaired) electrons. The van der Waals surface area contributed by atoms with E-state index in [0.29, 0.717) is 11.2 Å². The first kappa shape index (κ1) is 13.8. The molecule has 0 aromatic heterocycles. The summed E-state index contributed by atoms with van der Waals surface area (Å²) in [7, 11) is 0. The van der Waals surface area contributed by atoms with Gasteiger partial charge in [-0.15, -0.1) is 0 Å². The van der Waals surface area contributed by atoms with Gasteiger partial charge in [-0.05, 0) is 67.8 Å². The van der Waals surface area contributed by atoms with E-state index < -0.39 is 0 Å². The molecule has 0 spiro atoms. The standard InChI is InChI=1S/C20H28O/c1-13-10-18-16-5-4-14-11-15(21)6-9-20(14,3)17(16)7-8-19(18,2)12-13/h7,11,13,16,18H,4-6,8-10,12H2,1-3H3/t13?,16-,18+,19-,20+/m1/s1. The second-order valence-electron chi connectivity index (χ2n) is 8.78. The molecule has 0 N–H and O–H groups in total. The maximum atomic E-state index is 11.8. The van der Waals surface area contributed by atoms with Gasteiger partial charge in [0.05, 0.1) is 0 Å². The third-order valence-electron chi connectivity index (χ3n) is 7.32. The molecule has 4 aliphatic rings. The highest BCUT2D eigenvalue weighted by molar-refractivity contribution is 5.92. The van der Waals surface area contributed by atoms with E-state index in [9.17, 15) is 4.79 Å². The lowest BCUT2D eigenvalue weighted by Crippen LogP contribution is -2.42. The van der Waals surface area contributed by atoms with Crippen molar-refractivity contribution in [3.63, 3.8) is 0 Å². The molecule has 0 amide bonds. The van der Waals surface area contributed by atoms with Gasteiger partial charge in [0.25, 0.3) is 0 Å². The van der Waals surface area contributed by atoms with Gasteiger partial charge >= 0.3 is 0 Å². The number of ketones is 1. The van der Waals surface area contributed by atoms with E-state index in [4.69, 9.17) is 0 Å². The van der Waals surface area contributed by atoms with E-state index in [1.807, 2.05) is 6.08 Å². The van der Waals surface area contributed by atoms with Crippen LogP contribution in [0.3, 0.4) is 0 Å². The molecule has 2 fully saturated rings. The SMILES string of the molecule is CC1C[C@H]2[C@@H]3CCC4=CC(=O)CC[C@]4(C)C3=CC[C@]2(C)C1. The molecular weight excluding hydrogens is 256 g/mol. The number of hydrogen-bond donors (Lipinski definition) is 0. The molecular formula is C20H28O. The third-order valence-corrected chi connectivity index (χ3v) is 7.32. The maximum absolute atomic E-state index is 11.8. The highest BCUT2D eigenvalue weighted by atomic mass is 16.1. The van der Waals surface area contributed by atoms with Gasteiger partial charge in [-0.25, -0.2) is 0 Å². The van der Waals surface area contributed by atoms with Gasteiger partial charge < -0.3 is 0 Å². The first-order valence-corrected chi connectivity index (χ1v) is 8.87. The predicted molar refractivity (Wildman–Crippen MR) is 85.9 cm³/mol. The average molecular weight is 284 g/mol. The molecule has 114 valence electrons. The predicted octanol–water partition coefficient (Wildman–Crippen LogP) is 5.07. The van der Waals surface area contributed by atoms with E-state index in [1.165, 1.54) is 31.3 Å². The fourth-order valence-electron chi connectivity index (χ4n) is 6.28. The molecule has 1 heteroatoms. The minimum Gasteiger partial charge on any atom is -0.295 e. The van der Waals surface area contributed by atoms with Crippen molar-refractivity contribution >= 4 is 5.78 Å². The summed E-state index contributed by atoms with van der Waals surface area (Å²) in [6.07, 6.45) is 12.9. The zero-order valence-corrected chi connectivity index (χ0v) is 13.7. The molecule has 4 rings (SSSR count). The lowest BCUT2D eigenvalue weighted by atomic mass is 9.52. The van der Waals surface area contributed by atoms with Crippen molar-refractivity contribution in [2.45, 2.75) is 65.7 Å². The fraction of sp³-hybridized carbons (Fsp3) is 0.750. The van der Waals surface area contributed by atoms with Crippen LogP contribution in [0.4, 0.5) is 0 Å². The Morgan fingerprint density at radius 3 is 2.86 bits per heavy atom. The summed E-state index contributed by atoms with van der Waals surface area (Å²) in [4.78, 5) is 11.8. The lowest BCUT2D eigenvalue weighted by molar-refractivity contribution is -0.115. The Hall–Kier alpha value is -0.850. The Kier molecular flexibility index (Phi) is 2.85. The van der Waals surface area contributed by atoms with Crippen LogP contribution in [-0.4, -0.2) is 5.78 Å². The Labute approximate surface area is 128 Å². The molecule has 2 saturated carbocycles. The summed E-state index contributed by atoms with van der Waals surface area (Å²) in [6.45, 7) is 7.40. The summed E-state index contributed by atoms with van der Waals surface area (Å²) in [5, 5.41) is 0. The maximum Gasteiger partial charge on any atom is 0.155 e. The molecule has 1 unspecified atom stereocenters. The van der Waals surface area contributed by atoms with Crippen molar-refractivity contribution in [1.82, 2.24) is 0 Å². The van der Waals surface area contributed by atoms with Crippen molar-refractivity contribution in [1.29, 1.82) is 0 Å². The van der Waals surface area contributed by atoms with Crippen LogP contribution in [0.15, 0.2) is 23.3 Å². The number of fused-ring (bicyclic) bond motifs is 5. The lowest BCUT2D eigenvalue weighted by Gasteiger charge is -2.52. The van der Waals surface area contributed by atoms with Crippen LogP contribution in [0.25, 0.3) is 0 Å². The molecule has 0 aromatic carbocycles. The third kappa shape index (κ3) is 1.85. The summed E-state index contributed by atoms with van der Waals surface area (Å²) in [5.74, 6) is 2.94. The Morgan fingerprint density at radius 2 is 2.05 bits per heavy atom.